The molecule has 0 aromatic rings. The smallest absolute Gasteiger partial charge is 0.159 e. The van der Waals surface area contributed by atoms with Crippen LogP contribution in [0.5, 0.6) is 0 Å². The monoisotopic (exact) mass is 185 g/mol. The normalized spacial score (nSPS) is 20.4. The molecule has 76 valence electrons. The van der Waals surface area contributed by atoms with Crippen LogP contribution >= 0.6 is 0 Å². The van der Waals surface area contributed by atoms with Gasteiger partial charge in [-0.25, -0.2) is 0 Å². The minimum absolute atomic E-state index is 0.0349. The van der Waals surface area contributed by atoms with Crippen LogP contribution in [0.25, 0.3) is 0 Å². The van der Waals surface area contributed by atoms with E-state index in [0.717, 1.165) is 32.6 Å². The van der Waals surface area contributed by atoms with Crippen molar-refractivity contribution >= 4 is 0 Å². The summed E-state index contributed by atoms with van der Waals surface area (Å²) in [6.07, 6.45) is 3.88. The van der Waals surface area contributed by atoms with E-state index >= 15 is 0 Å². The van der Waals surface area contributed by atoms with Gasteiger partial charge in [0.1, 0.15) is 0 Å². The van der Waals surface area contributed by atoms with Gasteiger partial charge < -0.3 is 14.8 Å². The van der Waals surface area contributed by atoms with Crippen LogP contribution in [0.15, 0.2) is 12.7 Å². The number of ether oxygens (including phenoxy) is 2. The zero-order valence-corrected chi connectivity index (χ0v) is 8.29. The topological polar surface area (TPSA) is 30.5 Å². The van der Waals surface area contributed by atoms with Gasteiger partial charge in [-0.1, -0.05) is 13.0 Å². The van der Waals surface area contributed by atoms with Gasteiger partial charge in [0.25, 0.3) is 0 Å². The molecular formula is C10H19NO2. The maximum Gasteiger partial charge on any atom is 0.159 e. The third kappa shape index (κ3) is 3.89. The molecule has 1 fully saturated rings. The van der Waals surface area contributed by atoms with E-state index in [-0.39, 0.29) is 6.29 Å². The predicted octanol–water partition coefficient (Wildman–Crippen LogP) is 1.30. The summed E-state index contributed by atoms with van der Waals surface area (Å²) in [5.74, 6) is 0. The Balaban J connectivity index is 2.17. The third-order valence-corrected chi connectivity index (χ3v) is 2.08. The predicted molar refractivity (Wildman–Crippen MR) is 52.6 cm³/mol. The largest absolute Gasteiger partial charge is 0.350 e. The minimum atomic E-state index is -0.0349. The summed E-state index contributed by atoms with van der Waals surface area (Å²) in [6, 6.07) is 0.308. The van der Waals surface area contributed by atoms with Crippen molar-refractivity contribution in [3.05, 3.63) is 12.7 Å². The van der Waals surface area contributed by atoms with Crippen LogP contribution in [-0.2, 0) is 9.47 Å². The molecule has 1 heterocycles. The fourth-order valence-electron chi connectivity index (χ4n) is 1.34. The molecule has 1 rings (SSSR count). The summed E-state index contributed by atoms with van der Waals surface area (Å²) in [4.78, 5) is 0. The quantitative estimate of drug-likeness (QED) is 0.633. The fraction of sp³-hybridized carbons (Fsp3) is 0.800. The summed E-state index contributed by atoms with van der Waals surface area (Å²) < 4.78 is 10.7. The lowest BCUT2D eigenvalue weighted by Gasteiger charge is -2.17. The van der Waals surface area contributed by atoms with Gasteiger partial charge in [0.05, 0.1) is 13.2 Å². The van der Waals surface area contributed by atoms with Gasteiger partial charge in [0, 0.05) is 12.5 Å². The maximum absolute atomic E-state index is 5.36. The van der Waals surface area contributed by atoms with E-state index < -0.39 is 0 Å². The van der Waals surface area contributed by atoms with Gasteiger partial charge in [-0.15, -0.1) is 6.58 Å². The Hall–Kier alpha value is -0.380. The van der Waals surface area contributed by atoms with Crippen molar-refractivity contribution in [2.45, 2.75) is 32.1 Å². The zero-order valence-electron chi connectivity index (χ0n) is 8.29. The minimum Gasteiger partial charge on any atom is -0.350 e. The van der Waals surface area contributed by atoms with Gasteiger partial charge in [-0.2, -0.15) is 0 Å². The Labute approximate surface area is 80.1 Å². The summed E-state index contributed by atoms with van der Waals surface area (Å²) >= 11 is 0. The van der Waals surface area contributed by atoms with Gasteiger partial charge >= 0.3 is 0 Å². The second kappa shape index (κ2) is 6.13. The average molecular weight is 185 g/mol. The van der Waals surface area contributed by atoms with E-state index in [1.807, 2.05) is 6.08 Å². The second-order valence-electron chi connectivity index (χ2n) is 3.20. The molecule has 0 aromatic heterocycles. The van der Waals surface area contributed by atoms with Crippen molar-refractivity contribution in [1.29, 1.82) is 0 Å². The molecule has 3 nitrogen and oxygen atoms in total. The molecule has 1 atom stereocenters. The highest BCUT2D eigenvalue weighted by atomic mass is 16.7. The highest BCUT2D eigenvalue weighted by molar-refractivity contribution is 4.86. The SMILES string of the molecule is C=CC(CC1OCCO1)NCCC. The van der Waals surface area contributed by atoms with Gasteiger partial charge in [-0.05, 0) is 13.0 Å². The number of rotatable bonds is 6. The number of hydrogen-bond acceptors (Lipinski definition) is 3. The highest BCUT2D eigenvalue weighted by Gasteiger charge is 2.18. The standard InChI is InChI=1S/C10H19NO2/c1-3-5-11-9(4-2)8-10-12-6-7-13-10/h4,9-11H,2-3,5-8H2,1H3. The van der Waals surface area contributed by atoms with Crippen LogP contribution in [0, 0.1) is 0 Å². The number of nitrogens with one attached hydrogen (secondary N) is 1. The second-order valence-corrected chi connectivity index (χ2v) is 3.20. The summed E-state index contributed by atoms with van der Waals surface area (Å²) in [7, 11) is 0. The summed E-state index contributed by atoms with van der Waals surface area (Å²) in [6.45, 7) is 8.40. The highest BCUT2D eigenvalue weighted by Crippen LogP contribution is 2.10. The van der Waals surface area contributed by atoms with E-state index in [9.17, 15) is 0 Å². The Morgan fingerprint density at radius 1 is 1.54 bits per heavy atom. The molecule has 0 aromatic carbocycles. The van der Waals surface area contributed by atoms with Crippen molar-refractivity contribution in [1.82, 2.24) is 5.32 Å². The van der Waals surface area contributed by atoms with Crippen LogP contribution < -0.4 is 5.32 Å². The molecule has 1 aliphatic heterocycles. The summed E-state index contributed by atoms with van der Waals surface area (Å²) in [5.41, 5.74) is 0. The van der Waals surface area contributed by atoms with Crippen LogP contribution in [0.3, 0.4) is 0 Å². The van der Waals surface area contributed by atoms with Crippen LogP contribution in [0.4, 0.5) is 0 Å². The lowest BCUT2D eigenvalue weighted by atomic mass is 10.2. The Bertz CT molecular complexity index is 144. The summed E-state index contributed by atoms with van der Waals surface area (Å²) in [5, 5.41) is 3.37. The molecule has 0 spiro atoms. The molecule has 3 heteroatoms. The molecule has 1 unspecified atom stereocenters. The Kier molecular flexibility index (Phi) is 5.05. The van der Waals surface area contributed by atoms with Crippen molar-refractivity contribution in [2.24, 2.45) is 0 Å². The van der Waals surface area contributed by atoms with Crippen molar-refractivity contribution < 1.29 is 9.47 Å². The molecule has 1 saturated heterocycles. The van der Waals surface area contributed by atoms with E-state index in [4.69, 9.17) is 9.47 Å². The molecule has 13 heavy (non-hydrogen) atoms. The zero-order chi connectivity index (χ0) is 9.52. The first-order valence-corrected chi connectivity index (χ1v) is 4.96. The maximum atomic E-state index is 5.36. The Morgan fingerprint density at radius 2 is 2.23 bits per heavy atom. The lowest BCUT2D eigenvalue weighted by molar-refractivity contribution is -0.0499. The molecular weight excluding hydrogens is 166 g/mol. The molecule has 0 bridgehead atoms. The van der Waals surface area contributed by atoms with E-state index in [1.165, 1.54) is 0 Å². The first kappa shape index (κ1) is 10.7. The fourth-order valence-corrected chi connectivity index (χ4v) is 1.34. The molecule has 0 aliphatic carbocycles. The molecule has 0 saturated carbocycles. The number of hydrogen-bond donors (Lipinski definition) is 1. The average Bonchev–Trinajstić information content (AvgIpc) is 2.64. The van der Waals surface area contributed by atoms with Gasteiger partial charge in [0.15, 0.2) is 6.29 Å². The first-order valence-electron chi connectivity index (χ1n) is 4.96. The Morgan fingerprint density at radius 3 is 2.77 bits per heavy atom. The first-order chi connectivity index (χ1) is 6.36. The van der Waals surface area contributed by atoms with Crippen molar-refractivity contribution in [3.63, 3.8) is 0 Å². The molecule has 0 radical (unpaired) electrons. The van der Waals surface area contributed by atoms with E-state index in [2.05, 4.69) is 18.8 Å². The third-order valence-electron chi connectivity index (χ3n) is 2.08. The van der Waals surface area contributed by atoms with Crippen LogP contribution in [-0.4, -0.2) is 32.1 Å². The van der Waals surface area contributed by atoms with Crippen molar-refractivity contribution in [2.75, 3.05) is 19.8 Å². The van der Waals surface area contributed by atoms with Crippen LogP contribution in [0.1, 0.15) is 19.8 Å². The van der Waals surface area contributed by atoms with Gasteiger partial charge in [-0.3, -0.25) is 0 Å². The lowest BCUT2D eigenvalue weighted by Crippen LogP contribution is -2.31. The van der Waals surface area contributed by atoms with Gasteiger partial charge in [0.2, 0.25) is 0 Å². The van der Waals surface area contributed by atoms with E-state index in [0.29, 0.717) is 6.04 Å². The molecule has 1 N–H and O–H groups in total. The van der Waals surface area contributed by atoms with Crippen LogP contribution in [0.2, 0.25) is 0 Å². The molecule has 1 aliphatic rings. The van der Waals surface area contributed by atoms with Crippen molar-refractivity contribution in [3.8, 4) is 0 Å². The molecule has 0 amide bonds. The van der Waals surface area contributed by atoms with E-state index in [1.54, 1.807) is 0 Å².